The molecule has 2 heterocycles. The van der Waals surface area contributed by atoms with Gasteiger partial charge in [0.05, 0.1) is 31.0 Å². The highest BCUT2D eigenvalue weighted by Gasteiger charge is 2.17. The van der Waals surface area contributed by atoms with Gasteiger partial charge in [0.25, 0.3) is 0 Å². The van der Waals surface area contributed by atoms with Crippen LogP contribution in [0.25, 0.3) is 28.1 Å². The van der Waals surface area contributed by atoms with Crippen molar-refractivity contribution in [2.75, 3.05) is 14.2 Å². The number of thioether (sulfide) groups is 1. The summed E-state index contributed by atoms with van der Waals surface area (Å²) in [7, 11) is 3.31. The fourth-order valence-corrected chi connectivity index (χ4v) is 4.28. The normalized spacial score (nSPS) is 11.1. The van der Waals surface area contributed by atoms with Crippen molar-refractivity contribution in [3.05, 3.63) is 78.6 Å². The van der Waals surface area contributed by atoms with Crippen molar-refractivity contribution in [2.45, 2.75) is 10.9 Å². The number of aromatic nitrogens is 5. The van der Waals surface area contributed by atoms with E-state index >= 15 is 0 Å². The van der Waals surface area contributed by atoms with Crippen molar-refractivity contribution < 1.29 is 9.47 Å². The summed E-state index contributed by atoms with van der Waals surface area (Å²) in [6.45, 7) is 0. The van der Waals surface area contributed by atoms with E-state index in [4.69, 9.17) is 9.47 Å². The van der Waals surface area contributed by atoms with Crippen molar-refractivity contribution in [2.24, 2.45) is 0 Å². The largest absolute Gasteiger partial charge is 0.497 e. The van der Waals surface area contributed by atoms with Gasteiger partial charge in [-0.05, 0) is 60.7 Å². The van der Waals surface area contributed by atoms with Crippen molar-refractivity contribution in [3.63, 3.8) is 0 Å². The lowest BCUT2D eigenvalue weighted by Gasteiger charge is -2.11. The minimum atomic E-state index is 0.644. The Kier molecular flexibility index (Phi) is 5.51. The zero-order chi connectivity index (χ0) is 21.9. The molecule has 0 aliphatic rings. The second-order valence-electron chi connectivity index (χ2n) is 7.06. The van der Waals surface area contributed by atoms with Crippen LogP contribution in [0.15, 0.2) is 78.0 Å². The van der Waals surface area contributed by atoms with Crippen LogP contribution in [0.2, 0.25) is 0 Å². The van der Waals surface area contributed by atoms with E-state index in [0.29, 0.717) is 5.75 Å². The van der Waals surface area contributed by atoms with Crippen LogP contribution >= 0.6 is 11.8 Å². The van der Waals surface area contributed by atoms with E-state index in [2.05, 4.69) is 24.7 Å². The molecule has 32 heavy (non-hydrogen) atoms. The van der Waals surface area contributed by atoms with Crippen LogP contribution in [0.1, 0.15) is 5.82 Å². The topological polar surface area (TPSA) is 77.9 Å². The van der Waals surface area contributed by atoms with Gasteiger partial charge in [0, 0.05) is 11.3 Å². The highest BCUT2D eigenvalue weighted by atomic mass is 32.2. The standard InChI is InChI=1S/C24H21N5O2S/c1-30-18-11-7-16(8-12-18)23-27-28-24(29(23)17-9-13-19(31-2)14-10-17)32-15-22-25-20-5-3-4-6-21(20)26-22/h3-14H,15H2,1-2H3,(H,25,26). The van der Waals surface area contributed by atoms with Crippen LogP contribution in [0.3, 0.4) is 0 Å². The first-order valence-electron chi connectivity index (χ1n) is 10.1. The molecule has 0 amide bonds. The SMILES string of the molecule is COc1ccc(-c2nnc(SCc3nc4ccccc4[nH]3)n2-c2ccc(OC)cc2)cc1. The molecule has 5 aromatic rings. The summed E-state index contributed by atoms with van der Waals surface area (Å²) >= 11 is 1.58. The van der Waals surface area contributed by atoms with Gasteiger partial charge in [-0.15, -0.1) is 10.2 Å². The zero-order valence-corrected chi connectivity index (χ0v) is 18.5. The molecular weight excluding hydrogens is 422 g/mol. The number of rotatable bonds is 7. The molecular formula is C24H21N5O2S. The molecule has 0 atom stereocenters. The van der Waals surface area contributed by atoms with E-state index in [1.807, 2.05) is 72.8 Å². The Hall–Kier alpha value is -3.78. The van der Waals surface area contributed by atoms with Gasteiger partial charge in [0.15, 0.2) is 11.0 Å². The number of H-pyrrole nitrogens is 1. The number of fused-ring (bicyclic) bond motifs is 1. The van der Waals surface area contributed by atoms with Crippen molar-refractivity contribution >= 4 is 22.8 Å². The average molecular weight is 444 g/mol. The smallest absolute Gasteiger partial charge is 0.196 e. The Bertz CT molecular complexity index is 1310. The van der Waals surface area contributed by atoms with Crippen LogP contribution in [0.5, 0.6) is 11.5 Å². The lowest BCUT2D eigenvalue weighted by molar-refractivity contribution is 0.414. The van der Waals surface area contributed by atoms with Crippen LogP contribution in [-0.4, -0.2) is 39.0 Å². The van der Waals surface area contributed by atoms with Crippen molar-refractivity contribution in [3.8, 4) is 28.6 Å². The van der Waals surface area contributed by atoms with E-state index in [1.165, 1.54) is 0 Å². The number of nitrogens with one attached hydrogen (secondary N) is 1. The molecule has 1 N–H and O–H groups in total. The van der Waals surface area contributed by atoms with E-state index in [9.17, 15) is 0 Å². The molecule has 8 heteroatoms. The highest BCUT2D eigenvalue weighted by molar-refractivity contribution is 7.98. The molecule has 2 aromatic heterocycles. The first kappa shape index (κ1) is 20.1. The predicted octanol–water partition coefficient (Wildman–Crippen LogP) is 5.12. The quantitative estimate of drug-likeness (QED) is 0.352. The first-order chi connectivity index (χ1) is 15.7. The molecule has 5 rings (SSSR count). The molecule has 7 nitrogen and oxygen atoms in total. The Labute approximate surface area is 189 Å². The van der Waals surface area contributed by atoms with E-state index in [1.54, 1.807) is 26.0 Å². The Morgan fingerprint density at radius 3 is 2.22 bits per heavy atom. The number of ether oxygens (including phenoxy) is 2. The molecule has 0 aliphatic carbocycles. The van der Waals surface area contributed by atoms with Crippen LogP contribution in [0, 0.1) is 0 Å². The number of para-hydroxylation sites is 2. The number of methoxy groups -OCH3 is 2. The van der Waals surface area contributed by atoms with Gasteiger partial charge < -0.3 is 14.5 Å². The number of hydrogen-bond acceptors (Lipinski definition) is 6. The van der Waals surface area contributed by atoms with E-state index in [0.717, 1.165) is 50.6 Å². The second-order valence-corrected chi connectivity index (χ2v) is 8.00. The minimum Gasteiger partial charge on any atom is -0.497 e. The third-order valence-electron chi connectivity index (χ3n) is 5.09. The molecule has 0 aliphatic heterocycles. The number of imidazole rings is 1. The van der Waals surface area contributed by atoms with Crippen molar-refractivity contribution in [1.29, 1.82) is 0 Å². The molecule has 0 spiro atoms. The first-order valence-corrected chi connectivity index (χ1v) is 11.0. The van der Waals surface area contributed by atoms with Crippen LogP contribution < -0.4 is 9.47 Å². The van der Waals surface area contributed by atoms with Gasteiger partial charge in [-0.2, -0.15) is 0 Å². The molecule has 0 radical (unpaired) electrons. The van der Waals surface area contributed by atoms with E-state index < -0.39 is 0 Å². The summed E-state index contributed by atoms with van der Waals surface area (Å²) in [6, 6.07) is 23.7. The van der Waals surface area contributed by atoms with Gasteiger partial charge in [-0.25, -0.2) is 4.98 Å². The fraction of sp³-hybridized carbons (Fsp3) is 0.125. The third kappa shape index (κ3) is 3.92. The maximum absolute atomic E-state index is 5.32. The van der Waals surface area contributed by atoms with Gasteiger partial charge in [0.1, 0.15) is 17.3 Å². The number of nitrogens with zero attached hydrogens (tertiary/aromatic N) is 4. The maximum atomic E-state index is 5.32. The Morgan fingerprint density at radius 2 is 1.53 bits per heavy atom. The van der Waals surface area contributed by atoms with Crippen molar-refractivity contribution in [1.82, 2.24) is 24.7 Å². The second kappa shape index (κ2) is 8.76. The lowest BCUT2D eigenvalue weighted by atomic mass is 10.2. The van der Waals surface area contributed by atoms with E-state index in [-0.39, 0.29) is 0 Å². The fourth-order valence-electron chi connectivity index (χ4n) is 3.46. The lowest BCUT2D eigenvalue weighted by Crippen LogP contribution is -2.00. The number of hydrogen-bond donors (Lipinski definition) is 1. The molecule has 0 saturated carbocycles. The third-order valence-corrected chi connectivity index (χ3v) is 6.03. The molecule has 0 bridgehead atoms. The van der Waals surface area contributed by atoms with Crippen LogP contribution in [-0.2, 0) is 5.75 Å². The zero-order valence-electron chi connectivity index (χ0n) is 17.6. The molecule has 0 saturated heterocycles. The van der Waals surface area contributed by atoms with Gasteiger partial charge in [-0.3, -0.25) is 4.57 Å². The molecule has 3 aromatic carbocycles. The van der Waals surface area contributed by atoms with Gasteiger partial charge >= 0.3 is 0 Å². The number of benzene rings is 3. The van der Waals surface area contributed by atoms with Gasteiger partial charge in [0.2, 0.25) is 0 Å². The molecule has 0 unspecified atom stereocenters. The minimum absolute atomic E-state index is 0.644. The summed E-state index contributed by atoms with van der Waals surface area (Å²) in [5.41, 5.74) is 3.88. The van der Waals surface area contributed by atoms with Crippen LogP contribution in [0.4, 0.5) is 0 Å². The Balaban J connectivity index is 1.51. The average Bonchev–Trinajstić information content (AvgIpc) is 3.46. The summed E-state index contributed by atoms with van der Waals surface area (Å²) < 4.78 is 12.7. The number of aromatic amines is 1. The Morgan fingerprint density at radius 1 is 0.844 bits per heavy atom. The van der Waals surface area contributed by atoms with Gasteiger partial charge in [-0.1, -0.05) is 23.9 Å². The monoisotopic (exact) mass is 443 g/mol. The summed E-state index contributed by atoms with van der Waals surface area (Å²) in [5, 5.41) is 9.78. The summed E-state index contributed by atoms with van der Waals surface area (Å²) in [4.78, 5) is 8.04. The highest BCUT2D eigenvalue weighted by Crippen LogP contribution is 2.31. The molecule has 0 fully saturated rings. The summed E-state index contributed by atoms with van der Waals surface area (Å²) in [6.07, 6.45) is 0. The maximum Gasteiger partial charge on any atom is 0.196 e. The summed E-state index contributed by atoms with van der Waals surface area (Å²) in [5.74, 6) is 3.88. The molecule has 160 valence electrons. The predicted molar refractivity (Wildman–Crippen MR) is 126 cm³/mol.